The van der Waals surface area contributed by atoms with Gasteiger partial charge >= 0.3 is 5.97 Å². The quantitative estimate of drug-likeness (QED) is 0.137. The van der Waals surface area contributed by atoms with Crippen LogP contribution in [0, 0.1) is 10.1 Å². The van der Waals surface area contributed by atoms with Crippen molar-refractivity contribution in [1.82, 2.24) is 4.90 Å². The van der Waals surface area contributed by atoms with Gasteiger partial charge in [-0.05, 0) is 29.6 Å². The van der Waals surface area contributed by atoms with Crippen LogP contribution in [-0.4, -0.2) is 33.6 Å². The van der Waals surface area contributed by atoms with Crippen molar-refractivity contribution in [2.75, 3.05) is 6.54 Å². The Morgan fingerprint density at radius 1 is 1.46 bits per heavy atom. The third-order valence-electron chi connectivity index (χ3n) is 3.90. The first-order valence-electron chi connectivity index (χ1n) is 7.64. The Kier molecular flexibility index (Phi) is 5.10. The smallest absolute Gasteiger partial charge is 0.356 e. The number of fused-ring (bicyclic) bond motifs is 1. The molecule has 0 bridgehead atoms. The zero-order chi connectivity index (χ0) is 18.7. The monoisotopic (exact) mass is 375 g/mol. The third kappa shape index (κ3) is 3.48. The van der Waals surface area contributed by atoms with E-state index in [0.29, 0.717) is 23.3 Å². The summed E-state index contributed by atoms with van der Waals surface area (Å²) in [6.07, 6.45) is 0.714. The average molecular weight is 375 g/mol. The zero-order valence-electron chi connectivity index (χ0n) is 13.4. The molecule has 1 aromatic carbocycles. The van der Waals surface area contributed by atoms with Gasteiger partial charge in [-0.1, -0.05) is 5.11 Å². The van der Waals surface area contributed by atoms with Gasteiger partial charge in [0, 0.05) is 28.5 Å². The van der Waals surface area contributed by atoms with E-state index in [9.17, 15) is 19.7 Å². The summed E-state index contributed by atoms with van der Waals surface area (Å²) in [7, 11) is 0. The number of esters is 1. The lowest BCUT2D eigenvalue weighted by molar-refractivity contribution is -0.384. The fraction of sp³-hybridized carbons (Fsp3) is 0.333. The highest BCUT2D eigenvalue weighted by atomic mass is 32.2. The van der Waals surface area contributed by atoms with E-state index in [2.05, 4.69) is 10.0 Å². The van der Waals surface area contributed by atoms with Crippen molar-refractivity contribution >= 4 is 29.3 Å². The number of rotatable bonds is 7. The molecule has 3 rings (SSSR count). The summed E-state index contributed by atoms with van der Waals surface area (Å²) < 4.78 is 5.27. The van der Waals surface area contributed by atoms with E-state index >= 15 is 0 Å². The fourth-order valence-corrected chi connectivity index (χ4v) is 4.01. The van der Waals surface area contributed by atoms with Crippen LogP contribution >= 0.6 is 11.8 Å². The number of thioether (sulfide) groups is 1. The van der Waals surface area contributed by atoms with Gasteiger partial charge in [0.05, 0.1) is 16.7 Å². The number of carbonyl (C=O) groups excluding carboxylic acids is 2. The first-order chi connectivity index (χ1) is 12.5. The molecule has 10 nitrogen and oxygen atoms in total. The molecule has 1 atom stereocenters. The number of nitrogens with zero attached hydrogens (tertiary/aromatic N) is 5. The van der Waals surface area contributed by atoms with Crippen molar-refractivity contribution in [2.45, 2.75) is 24.8 Å². The number of nitro benzene ring substituents is 1. The second-order valence-corrected chi connectivity index (χ2v) is 6.79. The standard InChI is InChI=1S/C15H13N5O5S/c16-18-17-6-5-11-14(19-12(21)7-13(19)26-11)15(22)25-8-9-1-3-10(4-2-9)20(23)24/h1-4,13H,5-8H2. The van der Waals surface area contributed by atoms with E-state index < -0.39 is 10.9 Å². The molecule has 2 aliphatic heterocycles. The molecule has 26 heavy (non-hydrogen) atoms. The molecular formula is C15H13N5O5S. The van der Waals surface area contributed by atoms with E-state index in [1.807, 2.05) is 0 Å². The van der Waals surface area contributed by atoms with Crippen molar-refractivity contribution in [3.8, 4) is 0 Å². The van der Waals surface area contributed by atoms with E-state index in [4.69, 9.17) is 10.3 Å². The number of benzene rings is 1. The number of hydrogen-bond acceptors (Lipinski definition) is 7. The Morgan fingerprint density at radius 2 is 2.19 bits per heavy atom. The minimum absolute atomic E-state index is 0.0515. The largest absolute Gasteiger partial charge is 0.456 e. The number of amides is 1. The van der Waals surface area contributed by atoms with Gasteiger partial charge < -0.3 is 4.74 Å². The summed E-state index contributed by atoms with van der Waals surface area (Å²) >= 11 is 1.40. The molecule has 0 saturated carbocycles. The lowest BCUT2D eigenvalue weighted by Gasteiger charge is -2.34. The average Bonchev–Trinajstić information content (AvgIpc) is 2.92. The highest BCUT2D eigenvalue weighted by Crippen LogP contribution is 2.47. The molecule has 11 heteroatoms. The van der Waals surface area contributed by atoms with E-state index in [-0.39, 0.29) is 35.8 Å². The van der Waals surface area contributed by atoms with E-state index in [1.54, 1.807) is 0 Å². The van der Waals surface area contributed by atoms with Gasteiger partial charge in [0.25, 0.3) is 5.69 Å². The summed E-state index contributed by atoms with van der Waals surface area (Å²) in [5.41, 5.74) is 9.12. The van der Waals surface area contributed by atoms with Gasteiger partial charge in [0.1, 0.15) is 12.3 Å². The van der Waals surface area contributed by atoms with Crippen molar-refractivity contribution < 1.29 is 19.2 Å². The lowest BCUT2D eigenvalue weighted by atomic mass is 10.1. The third-order valence-corrected chi connectivity index (χ3v) is 5.23. The molecule has 0 N–H and O–H groups in total. The summed E-state index contributed by atoms with van der Waals surface area (Å²) in [6, 6.07) is 5.66. The van der Waals surface area contributed by atoms with Gasteiger partial charge in [-0.15, -0.1) is 11.8 Å². The van der Waals surface area contributed by atoms with Crippen molar-refractivity contribution in [1.29, 1.82) is 0 Å². The molecule has 1 amide bonds. The summed E-state index contributed by atoms with van der Waals surface area (Å²) in [6.45, 7) is 0.119. The molecule has 0 radical (unpaired) electrons. The minimum atomic E-state index is -0.637. The Morgan fingerprint density at radius 3 is 2.81 bits per heavy atom. The Hall–Kier alpha value is -3.04. The van der Waals surface area contributed by atoms with Gasteiger partial charge in [-0.25, -0.2) is 4.79 Å². The highest BCUT2D eigenvalue weighted by molar-refractivity contribution is 8.04. The number of ether oxygens (including phenoxy) is 1. The summed E-state index contributed by atoms with van der Waals surface area (Å²) in [5, 5.41) is 14.0. The van der Waals surface area contributed by atoms with Crippen LogP contribution in [0.3, 0.4) is 0 Å². The number of β-lactam (4-membered cyclic amide) rings is 1. The predicted octanol–water partition coefficient (Wildman–Crippen LogP) is 2.86. The van der Waals surface area contributed by atoms with Gasteiger partial charge in [-0.3, -0.25) is 19.8 Å². The molecule has 1 saturated heterocycles. The number of non-ortho nitro benzene ring substituents is 1. The molecule has 0 aromatic heterocycles. The van der Waals surface area contributed by atoms with Crippen LogP contribution in [0.25, 0.3) is 10.4 Å². The van der Waals surface area contributed by atoms with Crippen LogP contribution in [0.4, 0.5) is 5.69 Å². The molecule has 134 valence electrons. The molecule has 2 aliphatic rings. The SMILES string of the molecule is [N-]=[N+]=NCCC1=C(C(=O)OCc2ccc([N+](=O)[O-])cc2)N2C(=O)CC2S1. The number of carbonyl (C=O) groups is 2. The summed E-state index contributed by atoms with van der Waals surface area (Å²) in [4.78, 5) is 39.2. The van der Waals surface area contributed by atoms with E-state index in [0.717, 1.165) is 0 Å². The Bertz CT molecular complexity index is 846. The highest BCUT2D eigenvalue weighted by Gasteiger charge is 2.48. The molecule has 0 spiro atoms. The molecule has 1 aromatic rings. The topological polar surface area (TPSA) is 139 Å². The second-order valence-electron chi connectivity index (χ2n) is 5.52. The normalized spacial score (nSPS) is 18.1. The maximum absolute atomic E-state index is 12.5. The predicted molar refractivity (Wildman–Crippen MR) is 91.4 cm³/mol. The Labute approximate surface area is 151 Å². The molecule has 1 fully saturated rings. The number of azide groups is 1. The van der Waals surface area contributed by atoms with Crippen LogP contribution in [-0.2, 0) is 20.9 Å². The number of nitro groups is 1. The maximum Gasteiger partial charge on any atom is 0.356 e. The zero-order valence-corrected chi connectivity index (χ0v) is 14.2. The fourth-order valence-electron chi connectivity index (χ4n) is 2.62. The molecule has 2 heterocycles. The van der Waals surface area contributed by atoms with E-state index in [1.165, 1.54) is 40.9 Å². The van der Waals surface area contributed by atoms with Gasteiger partial charge in [0.15, 0.2) is 0 Å². The van der Waals surface area contributed by atoms with Crippen LogP contribution < -0.4 is 0 Å². The lowest BCUT2D eigenvalue weighted by Crippen LogP contribution is -2.48. The van der Waals surface area contributed by atoms with Crippen LogP contribution in [0.15, 0.2) is 40.0 Å². The van der Waals surface area contributed by atoms with Gasteiger partial charge in [-0.2, -0.15) is 0 Å². The number of hydrogen-bond donors (Lipinski definition) is 0. The first-order valence-corrected chi connectivity index (χ1v) is 8.52. The molecule has 0 aliphatic carbocycles. The van der Waals surface area contributed by atoms with Crippen LogP contribution in [0.5, 0.6) is 0 Å². The second kappa shape index (κ2) is 7.46. The van der Waals surface area contributed by atoms with Crippen molar-refractivity contribution in [3.63, 3.8) is 0 Å². The van der Waals surface area contributed by atoms with Crippen molar-refractivity contribution in [3.05, 3.63) is 61.0 Å². The maximum atomic E-state index is 12.5. The van der Waals surface area contributed by atoms with Crippen LogP contribution in [0.1, 0.15) is 18.4 Å². The minimum Gasteiger partial charge on any atom is -0.456 e. The van der Waals surface area contributed by atoms with Gasteiger partial charge in [0.2, 0.25) is 5.91 Å². The molecule has 1 unspecified atom stereocenters. The molecular weight excluding hydrogens is 362 g/mol. The summed E-state index contributed by atoms with van der Waals surface area (Å²) in [5.74, 6) is -0.786. The van der Waals surface area contributed by atoms with Crippen LogP contribution in [0.2, 0.25) is 0 Å². The first kappa shape index (κ1) is 17.8. The Balaban J connectivity index is 1.69. The van der Waals surface area contributed by atoms with Crippen molar-refractivity contribution in [2.24, 2.45) is 5.11 Å².